The van der Waals surface area contributed by atoms with Gasteiger partial charge in [0.1, 0.15) is 11.4 Å². The van der Waals surface area contributed by atoms with Crippen molar-refractivity contribution >= 4 is 28.2 Å². The molecule has 174 valence electrons. The van der Waals surface area contributed by atoms with Crippen molar-refractivity contribution < 1.29 is 24.2 Å². The number of aromatic nitrogens is 1. The Morgan fingerprint density at radius 3 is 2.59 bits per heavy atom. The average molecular weight is 506 g/mol. The van der Waals surface area contributed by atoms with Crippen LogP contribution < -0.4 is 4.74 Å². The van der Waals surface area contributed by atoms with Crippen LogP contribution in [0, 0.1) is 6.92 Å². The third-order valence-electron chi connectivity index (χ3n) is 4.47. The minimum atomic E-state index is -0.500. The first-order valence-electron chi connectivity index (χ1n) is 10.7. The minimum absolute atomic E-state index is 0.0949. The summed E-state index contributed by atoms with van der Waals surface area (Å²) in [7, 11) is 0. The number of carbonyl (C=O) groups is 2. The molecule has 0 amide bonds. The van der Waals surface area contributed by atoms with Crippen LogP contribution in [0.2, 0.25) is 0 Å². The van der Waals surface area contributed by atoms with Gasteiger partial charge in [-0.1, -0.05) is 6.07 Å². The van der Waals surface area contributed by atoms with Gasteiger partial charge in [-0.2, -0.15) is 0 Å². The van der Waals surface area contributed by atoms with Gasteiger partial charge in [-0.05, 0) is 99.1 Å². The van der Waals surface area contributed by atoms with Gasteiger partial charge in [-0.3, -0.25) is 9.59 Å². The van der Waals surface area contributed by atoms with Crippen LogP contribution in [0.25, 0.3) is 11.1 Å². The largest absolute Gasteiger partial charge is 0.493 e. The van der Waals surface area contributed by atoms with E-state index in [9.17, 15) is 9.59 Å². The summed E-state index contributed by atoms with van der Waals surface area (Å²) in [5.41, 5.74) is 4.08. The van der Waals surface area contributed by atoms with E-state index in [0.29, 0.717) is 15.9 Å². The number of benzene rings is 1. The molecule has 0 radical (unpaired) electrons. The molecule has 0 bridgehead atoms. The summed E-state index contributed by atoms with van der Waals surface area (Å²) >= 11 is 3.52. The molecule has 7 heteroatoms. The van der Waals surface area contributed by atoms with Gasteiger partial charge in [-0.15, -0.1) is 0 Å². The molecule has 1 N–H and O–H groups in total. The maximum Gasteiger partial charge on any atom is 0.310 e. The fourth-order valence-electron chi connectivity index (χ4n) is 3.30. The lowest BCUT2D eigenvalue weighted by atomic mass is 9.93. The van der Waals surface area contributed by atoms with Gasteiger partial charge in [0.15, 0.2) is 6.29 Å². The Bertz CT molecular complexity index is 973. The average Bonchev–Trinajstić information content (AvgIpc) is 2.68. The molecule has 0 spiro atoms. The highest BCUT2D eigenvalue weighted by Gasteiger charge is 2.22. The number of rotatable bonds is 5. The maximum atomic E-state index is 12.3. The van der Waals surface area contributed by atoms with Crippen molar-refractivity contribution in [1.82, 2.24) is 4.98 Å². The summed E-state index contributed by atoms with van der Waals surface area (Å²) in [5, 5.41) is 8.52. The van der Waals surface area contributed by atoms with E-state index >= 15 is 0 Å². The van der Waals surface area contributed by atoms with Crippen LogP contribution in [0.1, 0.15) is 68.3 Å². The number of aryl methyl sites for hydroxylation is 2. The van der Waals surface area contributed by atoms with E-state index in [1.807, 2.05) is 32.9 Å². The first-order valence-corrected chi connectivity index (χ1v) is 11.5. The van der Waals surface area contributed by atoms with Crippen LogP contribution in [0.4, 0.5) is 0 Å². The Balaban J connectivity index is 0.000000654. The number of pyridine rings is 1. The van der Waals surface area contributed by atoms with Gasteiger partial charge in [0, 0.05) is 11.3 Å². The van der Waals surface area contributed by atoms with E-state index in [0.717, 1.165) is 53.7 Å². The third kappa shape index (κ3) is 7.41. The summed E-state index contributed by atoms with van der Waals surface area (Å²) in [6, 6.07) is 5.97. The fraction of sp³-hybridized carbons (Fsp3) is 0.480. The minimum Gasteiger partial charge on any atom is -0.493 e. The van der Waals surface area contributed by atoms with Crippen molar-refractivity contribution in [3.05, 3.63) is 45.2 Å². The Hall–Kier alpha value is -2.25. The van der Waals surface area contributed by atoms with Crippen molar-refractivity contribution in [3.63, 3.8) is 0 Å². The Morgan fingerprint density at radius 2 is 2.00 bits per heavy atom. The smallest absolute Gasteiger partial charge is 0.310 e. The highest BCUT2D eigenvalue weighted by Crippen LogP contribution is 2.38. The summed E-state index contributed by atoms with van der Waals surface area (Å²) in [4.78, 5) is 28.1. The van der Waals surface area contributed by atoms with Crippen LogP contribution in [-0.2, 0) is 22.4 Å². The molecule has 0 fully saturated rings. The molecule has 1 aliphatic heterocycles. The summed E-state index contributed by atoms with van der Waals surface area (Å²) in [5.74, 6) is 0.575. The maximum absolute atomic E-state index is 12.3. The van der Waals surface area contributed by atoms with Gasteiger partial charge in [0.05, 0.1) is 29.2 Å². The van der Waals surface area contributed by atoms with Crippen molar-refractivity contribution in [2.45, 2.75) is 72.5 Å². The molecule has 2 aromatic rings. The molecular formula is C25H32BrNO5. The van der Waals surface area contributed by atoms with E-state index in [2.05, 4.69) is 27.0 Å². The lowest BCUT2D eigenvalue weighted by Crippen LogP contribution is -2.16. The molecule has 6 nitrogen and oxygen atoms in total. The number of esters is 1. The SMILES string of the molecule is CC(C)(C)O.Cc1nc(C=O)c(Br)c(-c2ccc3c(c2)CCCO3)c1CC(=O)OC(C)C. The number of aliphatic hydroxyl groups is 1. The lowest BCUT2D eigenvalue weighted by molar-refractivity contribution is -0.146. The number of fused-ring (bicyclic) bond motifs is 1. The molecule has 0 atom stereocenters. The number of ether oxygens (including phenoxy) is 2. The van der Waals surface area contributed by atoms with Crippen LogP contribution in [0.3, 0.4) is 0 Å². The number of nitrogens with zero attached hydrogens (tertiary/aromatic N) is 1. The van der Waals surface area contributed by atoms with Gasteiger partial charge >= 0.3 is 5.97 Å². The van der Waals surface area contributed by atoms with Crippen LogP contribution in [-0.4, -0.2) is 40.7 Å². The number of hydrogen-bond donors (Lipinski definition) is 1. The second-order valence-corrected chi connectivity index (χ2v) is 9.82. The van der Waals surface area contributed by atoms with E-state index in [4.69, 9.17) is 14.6 Å². The van der Waals surface area contributed by atoms with Crippen LogP contribution >= 0.6 is 15.9 Å². The highest BCUT2D eigenvalue weighted by molar-refractivity contribution is 9.10. The quantitative estimate of drug-likeness (QED) is 0.442. The number of aldehydes is 1. The second-order valence-electron chi connectivity index (χ2n) is 9.03. The summed E-state index contributed by atoms with van der Waals surface area (Å²) in [6.07, 6.45) is 2.54. The van der Waals surface area contributed by atoms with Gasteiger partial charge in [0.2, 0.25) is 0 Å². The summed E-state index contributed by atoms with van der Waals surface area (Å²) < 4.78 is 11.6. The van der Waals surface area contributed by atoms with Crippen LogP contribution in [0.5, 0.6) is 5.75 Å². The number of halogens is 1. The van der Waals surface area contributed by atoms with Crippen LogP contribution in [0.15, 0.2) is 22.7 Å². The van der Waals surface area contributed by atoms with Crippen molar-refractivity contribution in [1.29, 1.82) is 0 Å². The predicted octanol–water partition coefficient (Wildman–Crippen LogP) is 5.23. The molecular weight excluding hydrogens is 474 g/mol. The molecule has 1 aromatic carbocycles. The predicted molar refractivity (Wildman–Crippen MR) is 128 cm³/mol. The highest BCUT2D eigenvalue weighted by atomic mass is 79.9. The van der Waals surface area contributed by atoms with Crippen molar-refractivity contribution in [3.8, 4) is 16.9 Å². The summed E-state index contributed by atoms with van der Waals surface area (Å²) in [6.45, 7) is 11.4. The molecule has 2 heterocycles. The fourth-order valence-corrected chi connectivity index (χ4v) is 3.95. The van der Waals surface area contributed by atoms with Gasteiger partial charge in [0.25, 0.3) is 0 Å². The van der Waals surface area contributed by atoms with Crippen molar-refractivity contribution in [2.24, 2.45) is 0 Å². The zero-order valence-corrected chi connectivity index (χ0v) is 21.2. The van der Waals surface area contributed by atoms with E-state index in [1.165, 1.54) is 0 Å². The molecule has 0 saturated carbocycles. The van der Waals surface area contributed by atoms with E-state index in [-0.39, 0.29) is 18.5 Å². The molecule has 0 saturated heterocycles. The third-order valence-corrected chi connectivity index (χ3v) is 5.27. The van der Waals surface area contributed by atoms with Gasteiger partial charge in [-0.25, -0.2) is 4.98 Å². The molecule has 32 heavy (non-hydrogen) atoms. The first kappa shape index (κ1) is 26.0. The zero-order valence-electron chi connectivity index (χ0n) is 19.6. The topological polar surface area (TPSA) is 85.7 Å². The van der Waals surface area contributed by atoms with Crippen molar-refractivity contribution in [2.75, 3.05) is 6.61 Å². The monoisotopic (exact) mass is 505 g/mol. The molecule has 0 aliphatic carbocycles. The Kier molecular flexibility index (Phi) is 8.98. The first-order chi connectivity index (χ1) is 14.9. The Morgan fingerprint density at radius 1 is 1.34 bits per heavy atom. The standard InChI is InChI=1S/C21H22BrNO4.C4H10O/c1-12(2)27-19(25)10-16-13(3)23-17(11-24)21(22)20(16)15-6-7-18-14(9-15)5-4-8-26-18;1-4(2,3)5/h6-7,9,11-12H,4-5,8,10H2,1-3H3;5H,1-3H3. The number of hydrogen-bond acceptors (Lipinski definition) is 6. The van der Waals surface area contributed by atoms with Gasteiger partial charge < -0.3 is 14.6 Å². The normalized spacial score (nSPS) is 12.9. The molecule has 1 aliphatic rings. The van der Waals surface area contributed by atoms with E-state index < -0.39 is 5.60 Å². The lowest BCUT2D eigenvalue weighted by Gasteiger charge is -2.20. The Labute approximate surface area is 198 Å². The zero-order chi connectivity index (χ0) is 24.1. The second kappa shape index (κ2) is 11.1. The molecule has 1 aromatic heterocycles. The molecule has 3 rings (SSSR count). The molecule has 0 unspecified atom stereocenters. The number of carbonyl (C=O) groups excluding carboxylic acids is 2. The van der Waals surface area contributed by atoms with E-state index in [1.54, 1.807) is 20.8 Å².